The summed E-state index contributed by atoms with van der Waals surface area (Å²) in [5.74, 6) is -1.91. The Labute approximate surface area is 102 Å². The van der Waals surface area contributed by atoms with Crippen molar-refractivity contribution < 1.29 is 14.3 Å². The standard InChI is InChI=1S/C10H10FNO2S2/c11-8-4-2-1-3-7(8)10(12,9(13)14)5-16-6-15/h1-4,6H,5,12H2,(H,13,14). The molecule has 1 aromatic rings. The van der Waals surface area contributed by atoms with Crippen LogP contribution in [0.25, 0.3) is 0 Å². The molecule has 0 saturated carbocycles. The zero-order chi connectivity index (χ0) is 12.2. The van der Waals surface area contributed by atoms with Crippen LogP contribution >= 0.6 is 24.0 Å². The summed E-state index contributed by atoms with van der Waals surface area (Å²) in [4.78, 5) is 11.1. The van der Waals surface area contributed by atoms with Gasteiger partial charge in [0, 0.05) is 16.0 Å². The van der Waals surface area contributed by atoms with Gasteiger partial charge in [0.2, 0.25) is 0 Å². The third kappa shape index (κ3) is 2.58. The van der Waals surface area contributed by atoms with Crippen LogP contribution in [0.1, 0.15) is 5.56 Å². The largest absolute Gasteiger partial charge is 0.480 e. The molecule has 0 saturated heterocycles. The van der Waals surface area contributed by atoms with Crippen molar-refractivity contribution in [1.82, 2.24) is 0 Å². The lowest BCUT2D eigenvalue weighted by Crippen LogP contribution is -2.48. The molecule has 3 N–H and O–H groups in total. The van der Waals surface area contributed by atoms with Crippen LogP contribution in [0.5, 0.6) is 0 Å². The second kappa shape index (κ2) is 5.38. The molecule has 0 fully saturated rings. The molecule has 3 nitrogen and oxygen atoms in total. The Bertz CT molecular complexity index is 414. The molecule has 0 bridgehead atoms. The fourth-order valence-electron chi connectivity index (χ4n) is 1.24. The van der Waals surface area contributed by atoms with Crippen LogP contribution in [0.4, 0.5) is 4.39 Å². The van der Waals surface area contributed by atoms with Crippen molar-refractivity contribution >= 4 is 34.6 Å². The lowest BCUT2D eigenvalue weighted by Gasteiger charge is -2.24. The van der Waals surface area contributed by atoms with Gasteiger partial charge in [-0.2, -0.15) is 0 Å². The van der Waals surface area contributed by atoms with E-state index in [2.05, 4.69) is 12.2 Å². The van der Waals surface area contributed by atoms with Crippen LogP contribution in [-0.2, 0) is 10.3 Å². The van der Waals surface area contributed by atoms with Crippen molar-refractivity contribution in [2.45, 2.75) is 5.54 Å². The monoisotopic (exact) mass is 259 g/mol. The minimum absolute atomic E-state index is 0.00718. The predicted octanol–water partition coefficient (Wildman–Crippen LogP) is 1.75. The molecule has 0 spiro atoms. The van der Waals surface area contributed by atoms with Gasteiger partial charge in [-0.15, -0.1) is 11.8 Å². The second-order valence-corrected chi connectivity index (χ2v) is 4.56. The van der Waals surface area contributed by atoms with Crippen LogP contribution in [-0.4, -0.2) is 21.5 Å². The fraction of sp³-hybridized carbons (Fsp3) is 0.200. The van der Waals surface area contributed by atoms with E-state index < -0.39 is 17.3 Å². The number of carbonyl (C=O) groups is 1. The average Bonchev–Trinajstić information content (AvgIpc) is 2.26. The van der Waals surface area contributed by atoms with Crippen molar-refractivity contribution in [3.8, 4) is 0 Å². The van der Waals surface area contributed by atoms with Crippen LogP contribution in [0.15, 0.2) is 24.3 Å². The number of rotatable bonds is 5. The van der Waals surface area contributed by atoms with Gasteiger partial charge >= 0.3 is 5.97 Å². The van der Waals surface area contributed by atoms with E-state index in [-0.39, 0.29) is 11.3 Å². The lowest BCUT2D eigenvalue weighted by molar-refractivity contribution is -0.142. The molecule has 0 aliphatic rings. The first-order chi connectivity index (χ1) is 7.52. The average molecular weight is 259 g/mol. The molecule has 1 rings (SSSR count). The Morgan fingerprint density at radius 1 is 1.62 bits per heavy atom. The third-order valence-corrected chi connectivity index (χ3v) is 3.28. The van der Waals surface area contributed by atoms with Gasteiger partial charge in [-0.05, 0) is 6.07 Å². The van der Waals surface area contributed by atoms with E-state index in [1.165, 1.54) is 22.9 Å². The number of carboxylic acids is 1. The lowest BCUT2D eigenvalue weighted by atomic mass is 9.93. The first-order valence-corrected chi connectivity index (χ1v) is 5.87. The normalized spacial score (nSPS) is 14.1. The van der Waals surface area contributed by atoms with Gasteiger partial charge in [-0.1, -0.05) is 30.4 Å². The number of thioether (sulfide) groups is 1. The van der Waals surface area contributed by atoms with E-state index in [4.69, 9.17) is 10.8 Å². The zero-order valence-corrected chi connectivity index (χ0v) is 9.85. The maximum Gasteiger partial charge on any atom is 0.329 e. The van der Waals surface area contributed by atoms with E-state index >= 15 is 0 Å². The molecule has 16 heavy (non-hydrogen) atoms. The number of thiocarbonyl (C=S) groups is 1. The summed E-state index contributed by atoms with van der Waals surface area (Å²) < 4.78 is 14.8. The van der Waals surface area contributed by atoms with Crippen molar-refractivity contribution in [2.24, 2.45) is 5.73 Å². The van der Waals surface area contributed by atoms with E-state index in [0.717, 1.165) is 11.8 Å². The summed E-state index contributed by atoms with van der Waals surface area (Å²) >= 11 is 5.65. The van der Waals surface area contributed by atoms with Gasteiger partial charge in [0.25, 0.3) is 0 Å². The number of hydrogen-bond acceptors (Lipinski definition) is 4. The van der Waals surface area contributed by atoms with Gasteiger partial charge in [-0.25, -0.2) is 9.18 Å². The van der Waals surface area contributed by atoms with Gasteiger partial charge in [-0.3, -0.25) is 0 Å². The summed E-state index contributed by atoms with van der Waals surface area (Å²) in [7, 11) is 0. The van der Waals surface area contributed by atoms with E-state index in [1.54, 1.807) is 6.07 Å². The SMILES string of the molecule is NC(CSC=S)(C(=O)O)c1ccccc1F. The summed E-state index contributed by atoms with van der Waals surface area (Å²) in [6.45, 7) is 0. The van der Waals surface area contributed by atoms with Crippen LogP contribution in [0.3, 0.4) is 0 Å². The van der Waals surface area contributed by atoms with E-state index in [1.807, 2.05) is 0 Å². The van der Waals surface area contributed by atoms with Gasteiger partial charge < -0.3 is 10.8 Å². The molecule has 0 aliphatic carbocycles. The smallest absolute Gasteiger partial charge is 0.329 e. The molecule has 0 radical (unpaired) electrons. The maximum absolute atomic E-state index is 13.5. The van der Waals surface area contributed by atoms with Crippen molar-refractivity contribution in [2.75, 3.05) is 5.75 Å². The summed E-state index contributed by atoms with van der Waals surface area (Å²) in [5.41, 5.74) is 3.93. The first kappa shape index (κ1) is 13.1. The summed E-state index contributed by atoms with van der Waals surface area (Å²) in [5, 5.41) is 9.08. The van der Waals surface area contributed by atoms with Gasteiger partial charge in [0.1, 0.15) is 5.82 Å². The van der Waals surface area contributed by atoms with Gasteiger partial charge in [0.15, 0.2) is 5.54 Å². The van der Waals surface area contributed by atoms with Crippen LogP contribution in [0, 0.1) is 5.82 Å². The minimum Gasteiger partial charge on any atom is -0.480 e. The molecule has 6 heteroatoms. The molecule has 1 unspecified atom stereocenters. The molecule has 0 amide bonds. The highest BCUT2D eigenvalue weighted by Gasteiger charge is 2.38. The maximum atomic E-state index is 13.5. The first-order valence-electron chi connectivity index (χ1n) is 4.35. The molecular formula is C10H10FNO2S2. The van der Waals surface area contributed by atoms with E-state index in [9.17, 15) is 9.18 Å². The molecule has 0 aromatic heterocycles. The summed E-state index contributed by atoms with van der Waals surface area (Å²) in [6.07, 6.45) is 0. The second-order valence-electron chi connectivity index (χ2n) is 3.16. The highest BCUT2D eigenvalue weighted by atomic mass is 32.2. The Morgan fingerprint density at radius 2 is 2.25 bits per heavy atom. The zero-order valence-electron chi connectivity index (χ0n) is 8.22. The number of benzene rings is 1. The molecule has 1 atom stereocenters. The summed E-state index contributed by atoms with van der Waals surface area (Å²) in [6, 6.07) is 5.58. The molecular weight excluding hydrogens is 249 g/mol. The highest BCUT2D eigenvalue weighted by Crippen LogP contribution is 2.25. The number of nitrogens with two attached hydrogens (primary N) is 1. The van der Waals surface area contributed by atoms with Crippen molar-refractivity contribution in [3.05, 3.63) is 35.6 Å². The fourth-order valence-corrected chi connectivity index (χ4v) is 2.06. The minimum atomic E-state index is -1.76. The number of aliphatic carboxylic acids is 1. The molecule has 1 aromatic carbocycles. The molecule has 86 valence electrons. The Hall–Kier alpha value is -0.980. The Balaban J connectivity index is 3.16. The van der Waals surface area contributed by atoms with Gasteiger partial charge in [0.05, 0.1) is 0 Å². The van der Waals surface area contributed by atoms with Crippen LogP contribution < -0.4 is 5.73 Å². The Kier molecular flexibility index (Phi) is 4.40. The molecule has 0 heterocycles. The number of halogens is 1. The molecule has 0 aliphatic heterocycles. The number of hydrogen-bond donors (Lipinski definition) is 2. The van der Waals surface area contributed by atoms with E-state index in [0.29, 0.717) is 0 Å². The highest BCUT2D eigenvalue weighted by molar-refractivity contribution is 8.20. The van der Waals surface area contributed by atoms with Crippen molar-refractivity contribution in [1.29, 1.82) is 0 Å². The van der Waals surface area contributed by atoms with Crippen molar-refractivity contribution in [3.63, 3.8) is 0 Å². The Morgan fingerprint density at radius 3 is 2.75 bits per heavy atom. The quantitative estimate of drug-likeness (QED) is 0.789. The predicted molar refractivity (Wildman–Crippen MR) is 66.0 cm³/mol. The van der Waals surface area contributed by atoms with Crippen LogP contribution in [0.2, 0.25) is 0 Å². The third-order valence-electron chi connectivity index (χ3n) is 2.12. The number of carboxylic acid groups (broad SMARTS) is 1. The topological polar surface area (TPSA) is 63.3 Å².